The summed E-state index contributed by atoms with van der Waals surface area (Å²) in [6.45, 7) is 10.9. The number of hydrogen-bond donors (Lipinski definition) is 2. The number of nitrogens with zero attached hydrogens (tertiary/aromatic N) is 1. The Morgan fingerprint density at radius 2 is 2.00 bits per heavy atom. The van der Waals surface area contributed by atoms with Crippen LogP contribution in [0.5, 0.6) is 5.88 Å². The fourth-order valence-electron chi connectivity index (χ4n) is 1.94. The molecule has 0 aliphatic carbocycles. The smallest absolute Gasteiger partial charge is 0.407 e. The summed E-state index contributed by atoms with van der Waals surface area (Å²) >= 11 is 0. The monoisotopic (exact) mass is 323 g/mol. The molecule has 1 aromatic rings. The Balaban J connectivity index is 2.48. The first-order chi connectivity index (χ1) is 10.7. The second-order valence-electron chi connectivity index (χ2n) is 6.80. The lowest BCUT2D eigenvalue weighted by Crippen LogP contribution is -2.47. The summed E-state index contributed by atoms with van der Waals surface area (Å²) in [7, 11) is 1.60. The van der Waals surface area contributed by atoms with Crippen LogP contribution >= 0.6 is 0 Å². The number of carbonyl (C=O) groups excluding carboxylic acids is 1. The Labute approximate surface area is 139 Å². The van der Waals surface area contributed by atoms with Gasteiger partial charge in [0.05, 0.1) is 12.8 Å². The quantitative estimate of drug-likeness (QED) is 0.807. The molecule has 1 aromatic heterocycles. The lowest BCUT2D eigenvalue weighted by molar-refractivity contribution is 0.0490. The van der Waals surface area contributed by atoms with E-state index in [2.05, 4.69) is 29.5 Å². The molecule has 0 spiro atoms. The van der Waals surface area contributed by atoms with Gasteiger partial charge in [-0.25, -0.2) is 9.78 Å². The Morgan fingerprint density at radius 3 is 2.57 bits per heavy atom. The third-order valence-electron chi connectivity index (χ3n) is 3.17. The van der Waals surface area contributed by atoms with Crippen molar-refractivity contribution in [2.45, 2.75) is 52.8 Å². The molecular formula is C17H29N3O3. The van der Waals surface area contributed by atoms with Crippen LogP contribution < -0.4 is 15.4 Å². The van der Waals surface area contributed by atoms with Crippen molar-refractivity contribution in [1.82, 2.24) is 15.6 Å². The van der Waals surface area contributed by atoms with Gasteiger partial charge in [-0.05, 0) is 32.8 Å². The van der Waals surface area contributed by atoms with Crippen molar-refractivity contribution < 1.29 is 14.3 Å². The SMILES string of the molecule is COc1cccc(CNCC(NC(=O)OC(C)(C)C)C(C)C)n1. The highest BCUT2D eigenvalue weighted by molar-refractivity contribution is 5.68. The molecule has 0 saturated heterocycles. The maximum Gasteiger partial charge on any atom is 0.407 e. The number of nitrogens with one attached hydrogen (secondary N) is 2. The van der Waals surface area contributed by atoms with Crippen LogP contribution in [-0.4, -0.2) is 36.4 Å². The van der Waals surface area contributed by atoms with E-state index in [1.54, 1.807) is 7.11 Å². The molecule has 0 saturated carbocycles. The average molecular weight is 323 g/mol. The number of aromatic nitrogens is 1. The van der Waals surface area contributed by atoms with Gasteiger partial charge in [0.2, 0.25) is 5.88 Å². The third kappa shape index (κ3) is 7.83. The molecule has 0 bridgehead atoms. The minimum absolute atomic E-state index is 0.0181. The summed E-state index contributed by atoms with van der Waals surface area (Å²) in [6.07, 6.45) is -0.391. The van der Waals surface area contributed by atoms with Crippen LogP contribution in [0.1, 0.15) is 40.3 Å². The minimum atomic E-state index is -0.496. The Hall–Kier alpha value is -1.82. The molecule has 1 heterocycles. The highest BCUT2D eigenvalue weighted by Crippen LogP contribution is 2.09. The molecule has 6 nitrogen and oxygen atoms in total. The molecule has 2 N–H and O–H groups in total. The molecule has 1 rings (SSSR count). The zero-order valence-electron chi connectivity index (χ0n) is 15.0. The molecule has 1 atom stereocenters. The summed E-state index contributed by atoms with van der Waals surface area (Å²) in [4.78, 5) is 16.2. The first-order valence-corrected chi connectivity index (χ1v) is 7.91. The van der Waals surface area contributed by atoms with Crippen LogP contribution in [0, 0.1) is 5.92 Å². The molecule has 1 unspecified atom stereocenters. The topological polar surface area (TPSA) is 72.5 Å². The largest absolute Gasteiger partial charge is 0.481 e. The molecule has 0 fully saturated rings. The third-order valence-corrected chi connectivity index (χ3v) is 3.17. The lowest BCUT2D eigenvalue weighted by atomic mass is 10.0. The lowest BCUT2D eigenvalue weighted by Gasteiger charge is -2.26. The maximum atomic E-state index is 11.9. The molecule has 130 valence electrons. The van der Waals surface area contributed by atoms with E-state index in [0.717, 1.165) is 5.69 Å². The molecule has 0 aromatic carbocycles. The second-order valence-corrected chi connectivity index (χ2v) is 6.80. The number of carbonyl (C=O) groups is 1. The highest BCUT2D eigenvalue weighted by atomic mass is 16.6. The van der Waals surface area contributed by atoms with E-state index < -0.39 is 11.7 Å². The van der Waals surface area contributed by atoms with Crippen molar-refractivity contribution in [2.24, 2.45) is 5.92 Å². The normalized spacial score (nSPS) is 12.8. The zero-order chi connectivity index (χ0) is 17.5. The van der Waals surface area contributed by atoms with Gasteiger partial charge in [-0.15, -0.1) is 0 Å². The summed E-state index contributed by atoms with van der Waals surface area (Å²) in [5, 5.41) is 6.23. The minimum Gasteiger partial charge on any atom is -0.481 e. The van der Waals surface area contributed by atoms with Crippen LogP contribution in [0.15, 0.2) is 18.2 Å². The molecule has 23 heavy (non-hydrogen) atoms. The van der Waals surface area contributed by atoms with Gasteiger partial charge in [0.1, 0.15) is 5.60 Å². The molecule has 1 amide bonds. The van der Waals surface area contributed by atoms with E-state index in [1.807, 2.05) is 39.0 Å². The molecular weight excluding hydrogens is 294 g/mol. The maximum absolute atomic E-state index is 11.9. The molecule has 0 radical (unpaired) electrons. The Bertz CT molecular complexity index is 498. The van der Waals surface area contributed by atoms with Crippen LogP contribution in [0.25, 0.3) is 0 Å². The van der Waals surface area contributed by atoms with Crippen molar-refractivity contribution in [1.29, 1.82) is 0 Å². The van der Waals surface area contributed by atoms with Crippen molar-refractivity contribution >= 4 is 6.09 Å². The number of hydrogen-bond acceptors (Lipinski definition) is 5. The van der Waals surface area contributed by atoms with Crippen molar-refractivity contribution in [3.8, 4) is 5.88 Å². The van der Waals surface area contributed by atoms with Gasteiger partial charge in [0, 0.05) is 25.2 Å². The highest BCUT2D eigenvalue weighted by Gasteiger charge is 2.21. The van der Waals surface area contributed by atoms with E-state index >= 15 is 0 Å². The first-order valence-electron chi connectivity index (χ1n) is 7.91. The van der Waals surface area contributed by atoms with E-state index in [9.17, 15) is 4.79 Å². The van der Waals surface area contributed by atoms with Gasteiger partial charge >= 0.3 is 6.09 Å². The van der Waals surface area contributed by atoms with Crippen molar-refractivity contribution in [3.63, 3.8) is 0 Å². The second kappa shape index (κ2) is 8.72. The standard InChI is InChI=1S/C17H29N3O3/c1-12(2)14(20-16(21)23-17(3,4)5)11-18-10-13-8-7-9-15(19-13)22-6/h7-9,12,14,18H,10-11H2,1-6H3,(H,20,21). The van der Waals surface area contributed by atoms with Crippen LogP contribution in [0.3, 0.4) is 0 Å². The van der Waals surface area contributed by atoms with Crippen molar-refractivity contribution in [3.05, 3.63) is 23.9 Å². The van der Waals surface area contributed by atoms with Crippen LogP contribution in [0.2, 0.25) is 0 Å². The predicted molar refractivity (Wildman–Crippen MR) is 90.5 cm³/mol. The number of ether oxygens (including phenoxy) is 2. The first kappa shape index (κ1) is 19.2. The molecule has 0 aliphatic rings. The Kier molecular flexibility index (Phi) is 7.29. The van der Waals surface area contributed by atoms with Gasteiger partial charge in [-0.3, -0.25) is 0 Å². The van der Waals surface area contributed by atoms with E-state index in [4.69, 9.17) is 9.47 Å². The Morgan fingerprint density at radius 1 is 1.30 bits per heavy atom. The predicted octanol–water partition coefficient (Wildman–Crippen LogP) is 2.73. The number of pyridine rings is 1. The van der Waals surface area contributed by atoms with Crippen molar-refractivity contribution in [2.75, 3.05) is 13.7 Å². The number of rotatable bonds is 7. The van der Waals surface area contributed by atoms with E-state index in [1.165, 1.54) is 0 Å². The van der Waals surface area contributed by atoms with Gasteiger partial charge in [-0.1, -0.05) is 19.9 Å². The van der Waals surface area contributed by atoms with Gasteiger partial charge in [-0.2, -0.15) is 0 Å². The summed E-state index contributed by atoms with van der Waals surface area (Å²) in [6, 6.07) is 5.63. The van der Waals surface area contributed by atoms with E-state index in [-0.39, 0.29) is 12.0 Å². The fourth-order valence-corrected chi connectivity index (χ4v) is 1.94. The van der Waals surface area contributed by atoms with Gasteiger partial charge < -0.3 is 20.1 Å². The van der Waals surface area contributed by atoms with Crippen LogP contribution in [0.4, 0.5) is 4.79 Å². The molecule has 6 heteroatoms. The summed E-state index contributed by atoms with van der Waals surface area (Å²) in [5.74, 6) is 0.880. The number of alkyl carbamates (subject to hydrolysis) is 1. The number of amides is 1. The van der Waals surface area contributed by atoms with Gasteiger partial charge in [0.15, 0.2) is 0 Å². The van der Waals surface area contributed by atoms with E-state index in [0.29, 0.717) is 19.0 Å². The molecule has 0 aliphatic heterocycles. The fraction of sp³-hybridized carbons (Fsp3) is 0.647. The summed E-state index contributed by atoms with van der Waals surface area (Å²) in [5.41, 5.74) is 0.396. The zero-order valence-corrected chi connectivity index (χ0v) is 15.0. The van der Waals surface area contributed by atoms with Crippen LogP contribution in [-0.2, 0) is 11.3 Å². The summed E-state index contributed by atoms with van der Waals surface area (Å²) < 4.78 is 10.4. The number of methoxy groups -OCH3 is 1. The average Bonchev–Trinajstić information content (AvgIpc) is 2.44. The van der Waals surface area contributed by atoms with Gasteiger partial charge in [0.25, 0.3) is 0 Å².